The highest BCUT2D eigenvalue weighted by molar-refractivity contribution is 5.97. The van der Waals surface area contributed by atoms with Gasteiger partial charge in [-0.3, -0.25) is 4.79 Å². The molecule has 9 heteroatoms. The van der Waals surface area contributed by atoms with Crippen LogP contribution in [0, 0.1) is 11.2 Å². The summed E-state index contributed by atoms with van der Waals surface area (Å²) in [6, 6.07) is 1.58. The number of carboxylic acid groups (broad SMARTS) is 1. The van der Waals surface area contributed by atoms with Crippen molar-refractivity contribution in [1.82, 2.24) is 4.90 Å². The zero-order valence-electron chi connectivity index (χ0n) is 19.4. The number of alkyl halides is 3. The molecule has 1 saturated heterocycles. The number of carboxylic acids is 1. The van der Waals surface area contributed by atoms with Gasteiger partial charge in [0.05, 0.1) is 12.2 Å². The van der Waals surface area contributed by atoms with Gasteiger partial charge in [0.25, 0.3) is 5.91 Å². The van der Waals surface area contributed by atoms with Gasteiger partial charge in [-0.05, 0) is 62.5 Å². The van der Waals surface area contributed by atoms with E-state index in [4.69, 9.17) is 4.74 Å². The van der Waals surface area contributed by atoms with Gasteiger partial charge in [0.1, 0.15) is 34.6 Å². The first-order valence-electron chi connectivity index (χ1n) is 12.5. The second-order valence-corrected chi connectivity index (χ2v) is 11.9. The number of halogens is 4. The summed E-state index contributed by atoms with van der Waals surface area (Å²) in [5, 5.41) is 9.40. The van der Waals surface area contributed by atoms with Crippen molar-refractivity contribution in [3.63, 3.8) is 0 Å². The Kier molecular flexibility index (Phi) is 4.85. The van der Waals surface area contributed by atoms with Crippen LogP contribution >= 0.6 is 0 Å². The van der Waals surface area contributed by atoms with Crippen LogP contribution < -0.4 is 4.74 Å². The number of amides is 1. The molecular formula is C26H29F4NO4. The lowest BCUT2D eigenvalue weighted by Gasteiger charge is -2.62. The summed E-state index contributed by atoms with van der Waals surface area (Å²) in [5.41, 5.74) is -6.24. The Labute approximate surface area is 200 Å². The summed E-state index contributed by atoms with van der Waals surface area (Å²) in [5.74, 6) is -2.34. The maximum atomic E-state index is 15.3. The monoisotopic (exact) mass is 495 g/mol. The van der Waals surface area contributed by atoms with Crippen LogP contribution in [0.4, 0.5) is 17.6 Å². The molecule has 6 aliphatic rings. The van der Waals surface area contributed by atoms with Crippen molar-refractivity contribution in [2.75, 3.05) is 13.2 Å². The van der Waals surface area contributed by atoms with Crippen LogP contribution in [-0.4, -0.2) is 58.1 Å². The lowest BCUT2D eigenvalue weighted by molar-refractivity contribution is -0.223. The van der Waals surface area contributed by atoms with Crippen LogP contribution in [0.25, 0.3) is 0 Å². The lowest BCUT2D eigenvalue weighted by atomic mass is 9.46. The maximum absolute atomic E-state index is 15.3. The second-order valence-electron chi connectivity index (χ2n) is 11.9. The summed E-state index contributed by atoms with van der Waals surface area (Å²) in [6.45, 7) is 0.130. The Bertz CT molecular complexity index is 1050. The Morgan fingerprint density at radius 2 is 1.57 bits per heavy atom. The van der Waals surface area contributed by atoms with Crippen molar-refractivity contribution in [3.8, 4) is 5.75 Å². The Hall–Kier alpha value is -2.32. The van der Waals surface area contributed by atoms with E-state index in [9.17, 15) is 14.7 Å². The number of aliphatic carboxylic acids is 1. The number of ether oxygens (including phenoxy) is 1. The molecule has 0 spiro atoms. The number of benzene rings is 1. The van der Waals surface area contributed by atoms with Crippen molar-refractivity contribution < 1.29 is 37.0 Å². The van der Waals surface area contributed by atoms with Crippen molar-refractivity contribution >= 4 is 11.9 Å². The maximum Gasteiger partial charge on any atom is 0.326 e. The molecule has 1 aromatic rings. The van der Waals surface area contributed by atoms with Gasteiger partial charge in [-0.15, -0.1) is 0 Å². The molecule has 1 atom stereocenters. The molecule has 4 bridgehead atoms. The van der Waals surface area contributed by atoms with Crippen molar-refractivity contribution in [3.05, 3.63) is 29.1 Å². The van der Waals surface area contributed by atoms with Crippen molar-refractivity contribution in [1.29, 1.82) is 0 Å². The summed E-state index contributed by atoms with van der Waals surface area (Å²) in [4.78, 5) is 25.7. The number of likely N-dealkylation sites (tertiary alicyclic amines) is 1. The van der Waals surface area contributed by atoms with E-state index < -0.39 is 46.2 Å². The average Bonchev–Trinajstić information content (AvgIpc) is 3.43. The van der Waals surface area contributed by atoms with Crippen LogP contribution in [0.3, 0.4) is 0 Å². The summed E-state index contributed by atoms with van der Waals surface area (Å²) in [6.07, 6.45) is 1.77. The third-order valence-corrected chi connectivity index (χ3v) is 8.66. The van der Waals surface area contributed by atoms with Crippen LogP contribution in [0.1, 0.15) is 86.0 Å². The highest BCUT2D eigenvalue weighted by atomic mass is 19.2. The predicted molar refractivity (Wildman–Crippen MR) is 117 cm³/mol. The molecule has 35 heavy (non-hydrogen) atoms. The molecule has 0 aromatic heterocycles. The van der Waals surface area contributed by atoms with Gasteiger partial charge < -0.3 is 14.7 Å². The summed E-state index contributed by atoms with van der Waals surface area (Å²) in [7, 11) is 0. The smallest absolute Gasteiger partial charge is 0.326 e. The van der Waals surface area contributed by atoms with Gasteiger partial charge in [0.15, 0.2) is 0 Å². The largest absolute Gasteiger partial charge is 0.493 e. The first kappa shape index (κ1) is 23.1. The molecule has 5 aliphatic carbocycles. The lowest BCUT2D eigenvalue weighted by Crippen LogP contribution is -2.66. The molecule has 5 saturated carbocycles. The Morgan fingerprint density at radius 1 is 0.971 bits per heavy atom. The van der Waals surface area contributed by atoms with Gasteiger partial charge in [0, 0.05) is 37.3 Å². The first-order valence-corrected chi connectivity index (χ1v) is 12.5. The van der Waals surface area contributed by atoms with E-state index in [1.165, 1.54) is 11.0 Å². The first-order chi connectivity index (χ1) is 16.4. The molecule has 1 N–H and O–H groups in total. The molecule has 5 nitrogen and oxygen atoms in total. The molecule has 1 aliphatic heterocycles. The molecule has 0 radical (unpaired) electrons. The minimum atomic E-state index is -1.89. The van der Waals surface area contributed by atoms with Crippen LogP contribution in [-0.2, 0) is 4.79 Å². The van der Waals surface area contributed by atoms with E-state index in [2.05, 4.69) is 0 Å². The van der Waals surface area contributed by atoms with Gasteiger partial charge in [-0.2, -0.15) is 0 Å². The molecule has 190 valence electrons. The Morgan fingerprint density at radius 3 is 2.11 bits per heavy atom. The molecule has 1 aromatic carbocycles. The minimum absolute atomic E-state index is 0.0285. The fraction of sp³-hybridized carbons (Fsp3) is 0.692. The topological polar surface area (TPSA) is 66.8 Å². The Balaban J connectivity index is 1.27. The van der Waals surface area contributed by atoms with Crippen LogP contribution in [0.2, 0.25) is 0 Å². The number of rotatable bonds is 6. The van der Waals surface area contributed by atoms with Gasteiger partial charge in [-0.25, -0.2) is 22.4 Å². The molecular weight excluding hydrogens is 466 g/mol. The minimum Gasteiger partial charge on any atom is -0.493 e. The number of carbonyl (C=O) groups excluding carboxylic acids is 1. The van der Waals surface area contributed by atoms with Crippen molar-refractivity contribution in [2.24, 2.45) is 5.41 Å². The zero-order chi connectivity index (χ0) is 24.8. The van der Waals surface area contributed by atoms with Crippen molar-refractivity contribution in [2.45, 2.75) is 93.2 Å². The van der Waals surface area contributed by atoms with E-state index in [1.54, 1.807) is 0 Å². The average molecular weight is 496 g/mol. The fourth-order valence-corrected chi connectivity index (χ4v) is 7.85. The summed E-state index contributed by atoms with van der Waals surface area (Å²) >= 11 is 0. The van der Waals surface area contributed by atoms with Gasteiger partial charge in [0.2, 0.25) is 0 Å². The second kappa shape index (κ2) is 7.35. The van der Waals surface area contributed by atoms with Crippen LogP contribution in [0.15, 0.2) is 12.1 Å². The van der Waals surface area contributed by atoms with E-state index in [1.807, 2.05) is 0 Å². The molecule has 1 heterocycles. The van der Waals surface area contributed by atoms with Crippen LogP contribution in [0.5, 0.6) is 5.75 Å². The summed E-state index contributed by atoms with van der Waals surface area (Å²) < 4.78 is 67.1. The van der Waals surface area contributed by atoms with Gasteiger partial charge in [-0.1, -0.05) is 0 Å². The third-order valence-electron chi connectivity index (χ3n) is 8.66. The predicted octanol–water partition coefficient (Wildman–Crippen LogP) is 5.26. The zero-order valence-corrected chi connectivity index (χ0v) is 19.4. The number of hydrogen-bond donors (Lipinski definition) is 1. The molecule has 1 unspecified atom stereocenters. The molecule has 1 amide bonds. The molecule has 7 rings (SSSR count). The highest BCUT2D eigenvalue weighted by Gasteiger charge is 2.70. The van der Waals surface area contributed by atoms with E-state index in [-0.39, 0.29) is 68.9 Å². The third kappa shape index (κ3) is 3.89. The standard InChI is InChI=1S/C26H29F4NO4/c27-18-7-20(35-14-23-8-24(28)11-25(29,9-23)13-26(30,10-23)12-24)16(15-3-4-15)6-17(18)21(32)31-5-1-2-19(31)22(33)34/h6-7,15,19H,1-5,8-14H2,(H,33,34). The number of hydrogen-bond acceptors (Lipinski definition) is 3. The highest BCUT2D eigenvalue weighted by Crippen LogP contribution is 2.68. The quantitative estimate of drug-likeness (QED) is 0.547. The van der Waals surface area contributed by atoms with Gasteiger partial charge >= 0.3 is 5.97 Å². The van der Waals surface area contributed by atoms with E-state index in [0.717, 1.165) is 18.9 Å². The fourth-order valence-electron chi connectivity index (χ4n) is 7.85. The van der Waals surface area contributed by atoms with E-state index >= 15 is 17.6 Å². The number of carbonyl (C=O) groups is 2. The van der Waals surface area contributed by atoms with E-state index in [0.29, 0.717) is 18.4 Å². The molecule has 6 fully saturated rings. The number of nitrogens with zero attached hydrogens (tertiary/aromatic N) is 1. The SMILES string of the molecule is O=C(O)C1CCCN1C(=O)c1cc(C2CC2)c(OCC23CC4(F)CC(F)(CC(F)(C4)C2)C3)cc1F. The normalized spacial score (nSPS) is 39.8.